The van der Waals surface area contributed by atoms with Gasteiger partial charge in [0.05, 0.1) is 19.1 Å². The average molecular weight is 313 g/mol. The molecule has 1 amide bonds. The van der Waals surface area contributed by atoms with Gasteiger partial charge in [-0.25, -0.2) is 4.98 Å². The van der Waals surface area contributed by atoms with Gasteiger partial charge in [-0.15, -0.1) is 0 Å². The maximum Gasteiger partial charge on any atom is 0.253 e. The second-order valence-corrected chi connectivity index (χ2v) is 5.61. The van der Waals surface area contributed by atoms with Gasteiger partial charge in [0.1, 0.15) is 5.75 Å². The highest BCUT2D eigenvalue weighted by Crippen LogP contribution is 2.38. The van der Waals surface area contributed by atoms with Crippen LogP contribution in [0.2, 0.25) is 0 Å². The Morgan fingerprint density at radius 3 is 2.91 bits per heavy atom. The van der Waals surface area contributed by atoms with E-state index in [0.29, 0.717) is 30.3 Å². The van der Waals surface area contributed by atoms with E-state index in [9.17, 15) is 9.59 Å². The lowest BCUT2D eigenvalue weighted by molar-refractivity contribution is 0.0952. The van der Waals surface area contributed by atoms with Crippen LogP contribution in [0.25, 0.3) is 0 Å². The van der Waals surface area contributed by atoms with Gasteiger partial charge in [-0.1, -0.05) is 6.07 Å². The molecule has 0 aliphatic heterocycles. The number of ether oxygens (including phenoxy) is 1. The molecule has 1 fully saturated rings. The monoisotopic (exact) mass is 313 g/mol. The number of hydrogen-bond acceptors (Lipinski definition) is 4. The second-order valence-electron chi connectivity index (χ2n) is 5.61. The zero-order chi connectivity index (χ0) is 16.2. The van der Waals surface area contributed by atoms with E-state index >= 15 is 0 Å². The number of amides is 1. The molecular formula is C17H19N3O3. The van der Waals surface area contributed by atoms with E-state index < -0.39 is 0 Å². The Hall–Kier alpha value is -2.63. The highest BCUT2D eigenvalue weighted by Gasteiger charge is 2.25. The molecule has 0 radical (unpaired) electrons. The molecule has 1 saturated carbocycles. The molecule has 23 heavy (non-hydrogen) atoms. The number of nitrogens with zero attached hydrogens (tertiary/aromatic N) is 2. The van der Waals surface area contributed by atoms with E-state index in [0.717, 1.165) is 18.5 Å². The smallest absolute Gasteiger partial charge is 0.253 e. The number of methoxy groups -OCH3 is 1. The third-order valence-corrected chi connectivity index (χ3v) is 3.87. The lowest BCUT2D eigenvalue weighted by Gasteiger charge is -2.08. The summed E-state index contributed by atoms with van der Waals surface area (Å²) in [5, 5.41) is 2.79. The predicted octanol–water partition coefficient (Wildman–Crippen LogP) is 1.56. The van der Waals surface area contributed by atoms with Crippen molar-refractivity contribution in [1.29, 1.82) is 0 Å². The van der Waals surface area contributed by atoms with Gasteiger partial charge in [-0.2, -0.15) is 0 Å². The number of carbonyl (C=O) groups excluding carboxylic acids is 1. The zero-order valence-corrected chi connectivity index (χ0v) is 13.0. The molecule has 2 aromatic rings. The minimum absolute atomic E-state index is 0.0717. The average Bonchev–Trinajstić information content (AvgIpc) is 3.41. The molecule has 0 atom stereocenters. The summed E-state index contributed by atoms with van der Waals surface area (Å²) in [6.07, 6.45) is 3.80. The second kappa shape index (κ2) is 6.64. The molecule has 1 aromatic heterocycles. The van der Waals surface area contributed by atoms with Crippen LogP contribution >= 0.6 is 0 Å². The first kappa shape index (κ1) is 15.3. The van der Waals surface area contributed by atoms with Crippen molar-refractivity contribution in [2.24, 2.45) is 0 Å². The van der Waals surface area contributed by atoms with Gasteiger partial charge in [0.15, 0.2) is 0 Å². The first-order chi connectivity index (χ1) is 11.2. The van der Waals surface area contributed by atoms with E-state index in [1.165, 1.54) is 4.57 Å². The van der Waals surface area contributed by atoms with Crippen molar-refractivity contribution >= 4 is 5.91 Å². The topological polar surface area (TPSA) is 73.2 Å². The molecule has 1 aliphatic carbocycles. The lowest BCUT2D eigenvalue weighted by Crippen LogP contribution is -2.31. The standard InChI is InChI=1S/C17H19N3O3/c1-23-14-4-2-3-13(9-14)17(22)18-7-8-20-11-19-15(10-16(20)21)12-5-6-12/h2-4,9-12H,5-8H2,1H3,(H,18,22). The quantitative estimate of drug-likeness (QED) is 0.878. The fourth-order valence-electron chi connectivity index (χ4n) is 2.37. The molecule has 0 saturated heterocycles. The molecular weight excluding hydrogens is 294 g/mol. The number of carbonyl (C=O) groups is 1. The van der Waals surface area contributed by atoms with Crippen LogP contribution < -0.4 is 15.6 Å². The number of nitrogens with one attached hydrogen (secondary N) is 1. The van der Waals surface area contributed by atoms with Crippen LogP contribution in [0.3, 0.4) is 0 Å². The van der Waals surface area contributed by atoms with Gasteiger partial charge in [-0.3, -0.25) is 14.2 Å². The maximum absolute atomic E-state index is 12.1. The minimum atomic E-state index is -0.195. The van der Waals surface area contributed by atoms with Crippen LogP contribution in [0, 0.1) is 0 Å². The lowest BCUT2D eigenvalue weighted by atomic mass is 10.2. The maximum atomic E-state index is 12.1. The fourth-order valence-corrected chi connectivity index (χ4v) is 2.37. The van der Waals surface area contributed by atoms with Crippen molar-refractivity contribution in [2.75, 3.05) is 13.7 Å². The van der Waals surface area contributed by atoms with Crippen LogP contribution in [0.5, 0.6) is 5.75 Å². The number of hydrogen-bond donors (Lipinski definition) is 1. The zero-order valence-electron chi connectivity index (χ0n) is 13.0. The summed E-state index contributed by atoms with van der Waals surface area (Å²) in [5.41, 5.74) is 1.34. The summed E-state index contributed by atoms with van der Waals surface area (Å²) >= 11 is 0. The van der Waals surface area contributed by atoms with Crippen LogP contribution in [-0.2, 0) is 6.54 Å². The molecule has 6 heteroatoms. The van der Waals surface area contributed by atoms with E-state index in [2.05, 4.69) is 10.3 Å². The van der Waals surface area contributed by atoms with Crippen molar-refractivity contribution in [1.82, 2.24) is 14.9 Å². The summed E-state index contributed by atoms with van der Waals surface area (Å²) in [7, 11) is 1.56. The summed E-state index contributed by atoms with van der Waals surface area (Å²) < 4.78 is 6.61. The van der Waals surface area contributed by atoms with Crippen molar-refractivity contribution in [3.63, 3.8) is 0 Å². The van der Waals surface area contributed by atoms with Crippen LogP contribution in [0.1, 0.15) is 34.8 Å². The molecule has 0 spiro atoms. The Kier molecular flexibility index (Phi) is 4.41. The molecule has 3 rings (SSSR count). The molecule has 120 valence electrons. The first-order valence-electron chi connectivity index (χ1n) is 7.66. The number of benzene rings is 1. The molecule has 1 aliphatic rings. The van der Waals surface area contributed by atoms with Crippen LogP contribution in [-0.4, -0.2) is 29.1 Å². The van der Waals surface area contributed by atoms with E-state index in [4.69, 9.17) is 4.74 Å². The van der Waals surface area contributed by atoms with E-state index in [-0.39, 0.29) is 11.5 Å². The third-order valence-electron chi connectivity index (χ3n) is 3.87. The Bertz CT molecular complexity index is 766. The van der Waals surface area contributed by atoms with Crippen molar-refractivity contribution in [2.45, 2.75) is 25.3 Å². The Morgan fingerprint density at radius 1 is 1.39 bits per heavy atom. The van der Waals surface area contributed by atoms with Gasteiger partial charge in [0.2, 0.25) is 0 Å². The van der Waals surface area contributed by atoms with Gasteiger partial charge in [-0.05, 0) is 31.0 Å². The largest absolute Gasteiger partial charge is 0.497 e. The minimum Gasteiger partial charge on any atom is -0.497 e. The Labute approximate surface area is 134 Å². The third kappa shape index (κ3) is 3.77. The molecule has 0 unspecified atom stereocenters. The normalized spacial score (nSPS) is 13.6. The highest BCUT2D eigenvalue weighted by atomic mass is 16.5. The van der Waals surface area contributed by atoms with Gasteiger partial charge < -0.3 is 10.1 Å². The molecule has 1 N–H and O–H groups in total. The van der Waals surface area contributed by atoms with Crippen molar-refractivity contribution in [3.8, 4) is 5.75 Å². The van der Waals surface area contributed by atoms with Crippen molar-refractivity contribution < 1.29 is 9.53 Å². The van der Waals surface area contributed by atoms with Crippen molar-refractivity contribution in [3.05, 3.63) is 58.3 Å². The molecule has 1 heterocycles. The Balaban J connectivity index is 1.56. The summed E-state index contributed by atoms with van der Waals surface area (Å²) in [6.45, 7) is 0.757. The van der Waals surface area contributed by atoms with Gasteiger partial charge in [0.25, 0.3) is 11.5 Å². The molecule has 1 aromatic carbocycles. The number of rotatable bonds is 6. The first-order valence-corrected chi connectivity index (χ1v) is 7.66. The predicted molar refractivity (Wildman–Crippen MR) is 85.8 cm³/mol. The fraction of sp³-hybridized carbons (Fsp3) is 0.353. The SMILES string of the molecule is COc1cccc(C(=O)NCCn2cnc(C3CC3)cc2=O)c1. The number of aromatic nitrogens is 2. The van der Waals surface area contributed by atoms with Gasteiger partial charge in [0, 0.05) is 30.6 Å². The molecule has 0 bridgehead atoms. The summed E-state index contributed by atoms with van der Waals surface area (Å²) in [4.78, 5) is 28.4. The van der Waals surface area contributed by atoms with Gasteiger partial charge >= 0.3 is 0 Å². The molecule has 6 nitrogen and oxygen atoms in total. The summed E-state index contributed by atoms with van der Waals surface area (Å²) in [5.74, 6) is 0.901. The van der Waals surface area contributed by atoms with E-state index in [1.54, 1.807) is 43.8 Å². The van der Waals surface area contributed by atoms with Crippen LogP contribution in [0.4, 0.5) is 0 Å². The van der Waals surface area contributed by atoms with E-state index in [1.807, 2.05) is 0 Å². The summed E-state index contributed by atoms with van der Waals surface area (Å²) in [6, 6.07) is 8.53. The highest BCUT2D eigenvalue weighted by molar-refractivity contribution is 5.94. The van der Waals surface area contributed by atoms with Crippen LogP contribution in [0.15, 0.2) is 41.5 Å². The Morgan fingerprint density at radius 2 is 2.22 bits per heavy atom.